The SMILES string of the molecule is COc1ccc(N(CC(=O)[O-])S(=O)(=O)c2cccs2)cc1. The number of ether oxygens (including phenoxy) is 1. The van der Waals surface area contributed by atoms with Crippen LogP contribution in [0.2, 0.25) is 0 Å². The second-order valence-corrected chi connectivity index (χ2v) is 7.05. The minimum Gasteiger partial charge on any atom is -0.548 e. The van der Waals surface area contributed by atoms with Gasteiger partial charge in [0.15, 0.2) is 0 Å². The first-order valence-electron chi connectivity index (χ1n) is 5.85. The number of nitrogens with zero attached hydrogens (tertiary/aromatic N) is 1. The maximum atomic E-state index is 12.5. The molecule has 0 aliphatic rings. The van der Waals surface area contributed by atoms with Crippen LogP contribution in [-0.2, 0) is 14.8 Å². The molecule has 1 aromatic carbocycles. The van der Waals surface area contributed by atoms with E-state index in [9.17, 15) is 18.3 Å². The van der Waals surface area contributed by atoms with E-state index in [1.54, 1.807) is 23.6 Å². The predicted octanol–water partition coefficient (Wildman–Crippen LogP) is 0.702. The summed E-state index contributed by atoms with van der Waals surface area (Å²) in [5.41, 5.74) is 0.230. The van der Waals surface area contributed by atoms with E-state index >= 15 is 0 Å². The summed E-state index contributed by atoms with van der Waals surface area (Å²) in [6.07, 6.45) is 0. The Balaban J connectivity index is 2.45. The van der Waals surface area contributed by atoms with E-state index in [1.807, 2.05) is 0 Å². The number of rotatable bonds is 6. The van der Waals surface area contributed by atoms with Gasteiger partial charge in [-0.2, -0.15) is 0 Å². The summed E-state index contributed by atoms with van der Waals surface area (Å²) in [4.78, 5) is 10.9. The Hall–Kier alpha value is -2.06. The number of aliphatic carboxylic acids is 1. The normalized spacial score (nSPS) is 11.1. The molecular formula is C13H12NO5S2-. The molecule has 2 aromatic rings. The van der Waals surface area contributed by atoms with Gasteiger partial charge in [-0.1, -0.05) is 6.07 Å². The van der Waals surface area contributed by atoms with Crippen molar-refractivity contribution >= 4 is 33.0 Å². The summed E-state index contributed by atoms with van der Waals surface area (Å²) >= 11 is 1.02. The van der Waals surface area contributed by atoms with E-state index in [-0.39, 0.29) is 9.90 Å². The lowest BCUT2D eigenvalue weighted by Crippen LogP contribution is -2.41. The molecule has 112 valence electrons. The number of sulfonamides is 1. The minimum absolute atomic E-state index is 0.0690. The highest BCUT2D eigenvalue weighted by molar-refractivity contribution is 7.94. The topological polar surface area (TPSA) is 86.7 Å². The van der Waals surface area contributed by atoms with E-state index in [2.05, 4.69) is 0 Å². The minimum atomic E-state index is -3.94. The standard InChI is InChI=1S/C13H13NO5S2/c1-19-11-6-4-10(5-7-11)14(9-12(15)16)21(17,18)13-3-2-8-20-13/h2-8H,9H2,1H3,(H,15,16)/p-1. The lowest BCUT2D eigenvalue weighted by atomic mass is 10.3. The molecule has 6 nitrogen and oxygen atoms in total. The average Bonchev–Trinajstić information content (AvgIpc) is 2.99. The quantitative estimate of drug-likeness (QED) is 0.780. The van der Waals surface area contributed by atoms with Gasteiger partial charge >= 0.3 is 0 Å². The fraction of sp³-hybridized carbons (Fsp3) is 0.154. The molecule has 1 heterocycles. The van der Waals surface area contributed by atoms with Crippen LogP contribution in [0.25, 0.3) is 0 Å². The lowest BCUT2D eigenvalue weighted by Gasteiger charge is -2.24. The van der Waals surface area contributed by atoms with Gasteiger partial charge in [-0.05, 0) is 35.7 Å². The summed E-state index contributed by atoms with van der Waals surface area (Å²) in [5.74, 6) is -0.938. The molecule has 0 radical (unpaired) electrons. The molecule has 0 aliphatic carbocycles. The molecule has 2 rings (SSSR count). The zero-order valence-corrected chi connectivity index (χ0v) is 12.7. The zero-order chi connectivity index (χ0) is 15.5. The lowest BCUT2D eigenvalue weighted by molar-refractivity contribution is -0.303. The molecule has 0 saturated carbocycles. The van der Waals surface area contributed by atoms with Crippen molar-refractivity contribution in [1.29, 1.82) is 0 Å². The van der Waals surface area contributed by atoms with Crippen LogP contribution < -0.4 is 14.1 Å². The van der Waals surface area contributed by atoms with Gasteiger partial charge in [0, 0.05) is 0 Å². The van der Waals surface area contributed by atoms with Gasteiger partial charge in [-0.3, -0.25) is 4.31 Å². The van der Waals surface area contributed by atoms with Crippen LogP contribution in [0, 0.1) is 0 Å². The van der Waals surface area contributed by atoms with Crippen molar-refractivity contribution in [1.82, 2.24) is 0 Å². The highest BCUT2D eigenvalue weighted by atomic mass is 32.2. The number of hydrogen-bond donors (Lipinski definition) is 0. The molecule has 0 amide bonds. The summed E-state index contributed by atoms with van der Waals surface area (Å²) in [5, 5.41) is 12.5. The third kappa shape index (κ3) is 3.34. The van der Waals surface area contributed by atoms with Crippen molar-refractivity contribution in [3.05, 3.63) is 41.8 Å². The number of carboxylic acid groups (broad SMARTS) is 1. The third-order valence-corrected chi connectivity index (χ3v) is 5.82. The van der Waals surface area contributed by atoms with Crippen molar-refractivity contribution in [2.45, 2.75) is 4.21 Å². The molecule has 0 fully saturated rings. The Labute approximate surface area is 126 Å². The number of methoxy groups -OCH3 is 1. The van der Waals surface area contributed by atoms with Gasteiger partial charge in [0.1, 0.15) is 9.96 Å². The molecule has 0 N–H and O–H groups in total. The predicted molar refractivity (Wildman–Crippen MR) is 76.9 cm³/mol. The molecule has 0 saturated heterocycles. The van der Waals surface area contributed by atoms with Crippen molar-refractivity contribution in [3.8, 4) is 5.75 Å². The van der Waals surface area contributed by atoms with Gasteiger partial charge < -0.3 is 14.6 Å². The van der Waals surface area contributed by atoms with E-state index in [4.69, 9.17) is 4.74 Å². The number of carbonyl (C=O) groups excluding carboxylic acids is 1. The molecule has 0 unspecified atom stereocenters. The molecular weight excluding hydrogens is 314 g/mol. The highest BCUT2D eigenvalue weighted by Gasteiger charge is 2.26. The van der Waals surface area contributed by atoms with Crippen LogP contribution in [0.5, 0.6) is 5.75 Å². The number of carbonyl (C=O) groups is 1. The van der Waals surface area contributed by atoms with E-state index in [0.717, 1.165) is 15.6 Å². The molecule has 21 heavy (non-hydrogen) atoms. The first-order chi connectivity index (χ1) is 9.95. The third-order valence-electron chi connectivity index (χ3n) is 2.67. The maximum absolute atomic E-state index is 12.5. The van der Waals surface area contributed by atoms with Crippen molar-refractivity contribution in [3.63, 3.8) is 0 Å². The first-order valence-corrected chi connectivity index (χ1v) is 8.17. The van der Waals surface area contributed by atoms with Crippen LogP contribution in [0.3, 0.4) is 0 Å². The van der Waals surface area contributed by atoms with E-state index in [0.29, 0.717) is 5.75 Å². The average molecular weight is 326 g/mol. The van der Waals surface area contributed by atoms with Gasteiger partial charge in [-0.15, -0.1) is 11.3 Å². The van der Waals surface area contributed by atoms with Crippen LogP contribution >= 0.6 is 11.3 Å². The maximum Gasteiger partial charge on any atom is 0.274 e. The van der Waals surface area contributed by atoms with Crippen LogP contribution in [0.1, 0.15) is 0 Å². The fourth-order valence-corrected chi connectivity index (χ4v) is 4.21. The first kappa shape index (κ1) is 15.3. The number of anilines is 1. The van der Waals surface area contributed by atoms with Gasteiger partial charge in [-0.25, -0.2) is 8.42 Å². The fourth-order valence-electron chi connectivity index (χ4n) is 1.70. The summed E-state index contributed by atoms with van der Waals surface area (Å²) in [6, 6.07) is 9.08. The molecule has 8 heteroatoms. The van der Waals surface area contributed by atoms with Gasteiger partial charge in [0.05, 0.1) is 25.3 Å². The van der Waals surface area contributed by atoms with Crippen molar-refractivity contribution in [2.75, 3.05) is 18.0 Å². The van der Waals surface area contributed by atoms with Crippen LogP contribution in [0.15, 0.2) is 46.0 Å². The second-order valence-electron chi connectivity index (χ2n) is 4.01. The van der Waals surface area contributed by atoms with Crippen LogP contribution in [-0.4, -0.2) is 28.0 Å². The molecule has 0 spiro atoms. The van der Waals surface area contributed by atoms with Crippen LogP contribution in [0.4, 0.5) is 5.69 Å². The van der Waals surface area contributed by atoms with Gasteiger partial charge in [0.25, 0.3) is 10.0 Å². The number of thiophene rings is 1. The smallest absolute Gasteiger partial charge is 0.274 e. The van der Waals surface area contributed by atoms with Crippen molar-refractivity contribution in [2.24, 2.45) is 0 Å². The van der Waals surface area contributed by atoms with E-state index in [1.165, 1.54) is 25.3 Å². The Morgan fingerprint density at radius 2 is 1.95 bits per heavy atom. The van der Waals surface area contributed by atoms with E-state index < -0.39 is 22.5 Å². The Bertz CT molecular complexity index is 708. The number of hydrogen-bond acceptors (Lipinski definition) is 6. The summed E-state index contributed by atoms with van der Waals surface area (Å²) < 4.78 is 30.9. The molecule has 1 aromatic heterocycles. The number of carboxylic acids is 1. The van der Waals surface area contributed by atoms with Gasteiger partial charge in [0.2, 0.25) is 0 Å². The number of benzene rings is 1. The molecule has 0 bridgehead atoms. The Kier molecular flexibility index (Phi) is 4.49. The summed E-state index contributed by atoms with van der Waals surface area (Å²) in [7, 11) is -2.45. The summed E-state index contributed by atoms with van der Waals surface area (Å²) in [6.45, 7) is -0.757. The molecule has 0 aliphatic heterocycles. The monoisotopic (exact) mass is 326 g/mol. The Morgan fingerprint density at radius 1 is 1.29 bits per heavy atom. The highest BCUT2D eigenvalue weighted by Crippen LogP contribution is 2.27. The zero-order valence-electron chi connectivity index (χ0n) is 11.1. The Morgan fingerprint density at radius 3 is 2.43 bits per heavy atom. The second kappa shape index (κ2) is 6.15. The molecule has 0 atom stereocenters. The van der Waals surface area contributed by atoms with Crippen molar-refractivity contribution < 1.29 is 23.1 Å². The largest absolute Gasteiger partial charge is 0.548 e.